The number of likely N-dealkylation sites (N-methyl/N-ethyl adjacent to an activating group) is 1. The molecule has 1 aromatic rings. The second-order valence-electron chi connectivity index (χ2n) is 6.61. The van der Waals surface area contributed by atoms with E-state index in [-0.39, 0.29) is 18.4 Å². The van der Waals surface area contributed by atoms with Gasteiger partial charge in [0.1, 0.15) is 0 Å². The van der Waals surface area contributed by atoms with E-state index in [2.05, 4.69) is 5.32 Å². The molecular weight excluding hydrogens is 326 g/mol. The van der Waals surface area contributed by atoms with Crippen LogP contribution in [0.1, 0.15) is 18.4 Å². The van der Waals surface area contributed by atoms with Crippen LogP contribution in [-0.2, 0) is 14.8 Å². The highest BCUT2D eigenvalue weighted by Crippen LogP contribution is 2.24. The zero-order valence-corrected chi connectivity index (χ0v) is 15.5. The number of hydrogen-bond acceptors (Lipinski definition) is 4. The Balaban J connectivity index is 2.01. The van der Waals surface area contributed by atoms with Crippen LogP contribution >= 0.6 is 0 Å². The smallest absolute Gasteiger partial charge is 0.243 e. The number of carbonyl (C=O) groups is 1. The first-order valence-corrected chi connectivity index (χ1v) is 9.74. The molecule has 0 radical (unpaired) electrons. The van der Waals surface area contributed by atoms with E-state index in [1.807, 2.05) is 25.9 Å². The SMILES string of the molecule is Cc1ccc(S(=O)(=O)N2CCC[C@H](C(=O)NCCN(C)C)C2)cc1. The predicted octanol–water partition coefficient (Wildman–Crippen LogP) is 1.07. The highest BCUT2D eigenvalue weighted by Gasteiger charge is 2.33. The molecule has 0 saturated carbocycles. The molecule has 1 aliphatic rings. The fourth-order valence-electron chi connectivity index (χ4n) is 2.78. The van der Waals surface area contributed by atoms with Gasteiger partial charge in [0.05, 0.1) is 10.8 Å². The van der Waals surface area contributed by atoms with Gasteiger partial charge in [0.15, 0.2) is 0 Å². The fourth-order valence-corrected chi connectivity index (χ4v) is 4.30. The van der Waals surface area contributed by atoms with Crippen LogP contribution in [0.25, 0.3) is 0 Å². The second kappa shape index (κ2) is 8.09. The van der Waals surface area contributed by atoms with Gasteiger partial charge in [0, 0.05) is 26.2 Å². The molecule has 24 heavy (non-hydrogen) atoms. The van der Waals surface area contributed by atoms with Crippen LogP contribution in [0.5, 0.6) is 0 Å². The Labute approximate surface area is 144 Å². The van der Waals surface area contributed by atoms with Crippen molar-refractivity contribution < 1.29 is 13.2 Å². The number of nitrogens with zero attached hydrogens (tertiary/aromatic N) is 2. The van der Waals surface area contributed by atoms with E-state index in [0.717, 1.165) is 18.5 Å². The van der Waals surface area contributed by atoms with Gasteiger partial charge in [0.2, 0.25) is 15.9 Å². The molecule has 7 heteroatoms. The third-order valence-corrected chi connectivity index (χ3v) is 6.15. The van der Waals surface area contributed by atoms with Crippen LogP contribution in [0.2, 0.25) is 0 Å². The summed E-state index contributed by atoms with van der Waals surface area (Å²) in [6.45, 7) is 3.99. The molecule has 0 bridgehead atoms. The van der Waals surface area contributed by atoms with Crippen LogP contribution in [-0.4, -0.2) is 63.8 Å². The van der Waals surface area contributed by atoms with E-state index in [1.165, 1.54) is 4.31 Å². The maximum Gasteiger partial charge on any atom is 0.243 e. The highest BCUT2D eigenvalue weighted by atomic mass is 32.2. The summed E-state index contributed by atoms with van der Waals surface area (Å²) in [5.41, 5.74) is 1.02. The minimum atomic E-state index is -3.53. The van der Waals surface area contributed by atoms with Crippen molar-refractivity contribution in [3.63, 3.8) is 0 Å². The molecule has 1 aliphatic heterocycles. The number of carbonyl (C=O) groups excluding carboxylic acids is 1. The fraction of sp³-hybridized carbons (Fsp3) is 0.588. The number of sulfonamides is 1. The van der Waals surface area contributed by atoms with Gasteiger partial charge in [-0.3, -0.25) is 4.79 Å². The lowest BCUT2D eigenvalue weighted by Gasteiger charge is -2.31. The lowest BCUT2D eigenvalue weighted by Crippen LogP contribution is -2.46. The molecule has 1 amide bonds. The number of piperidine rings is 1. The van der Waals surface area contributed by atoms with E-state index in [9.17, 15) is 13.2 Å². The van der Waals surface area contributed by atoms with E-state index in [1.54, 1.807) is 24.3 Å². The minimum Gasteiger partial charge on any atom is -0.355 e. The van der Waals surface area contributed by atoms with Crippen molar-refractivity contribution in [1.29, 1.82) is 0 Å². The van der Waals surface area contributed by atoms with Gasteiger partial charge >= 0.3 is 0 Å². The number of benzene rings is 1. The maximum atomic E-state index is 12.8. The summed E-state index contributed by atoms with van der Waals surface area (Å²) in [5.74, 6) is -0.332. The van der Waals surface area contributed by atoms with Gasteiger partial charge in [0.25, 0.3) is 0 Å². The molecule has 1 heterocycles. The molecule has 1 fully saturated rings. The first-order valence-electron chi connectivity index (χ1n) is 8.30. The molecule has 0 unspecified atom stereocenters. The molecule has 1 saturated heterocycles. The summed E-state index contributed by atoms with van der Waals surface area (Å²) < 4.78 is 27.0. The Morgan fingerprint density at radius 3 is 2.58 bits per heavy atom. The third kappa shape index (κ3) is 4.78. The lowest BCUT2D eigenvalue weighted by molar-refractivity contribution is -0.126. The molecule has 1 N–H and O–H groups in total. The second-order valence-corrected chi connectivity index (χ2v) is 8.55. The van der Waals surface area contributed by atoms with E-state index in [0.29, 0.717) is 24.4 Å². The van der Waals surface area contributed by atoms with Crippen molar-refractivity contribution in [3.05, 3.63) is 29.8 Å². The van der Waals surface area contributed by atoms with Crippen molar-refractivity contribution in [3.8, 4) is 0 Å². The van der Waals surface area contributed by atoms with Crippen LogP contribution in [0, 0.1) is 12.8 Å². The summed E-state index contributed by atoms with van der Waals surface area (Å²) in [5, 5.41) is 2.90. The molecule has 2 rings (SSSR count). The van der Waals surface area contributed by atoms with Crippen molar-refractivity contribution in [2.24, 2.45) is 5.92 Å². The molecule has 134 valence electrons. The Morgan fingerprint density at radius 1 is 1.29 bits per heavy atom. The largest absolute Gasteiger partial charge is 0.355 e. The van der Waals surface area contributed by atoms with Crippen LogP contribution < -0.4 is 5.32 Å². The van der Waals surface area contributed by atoms with E-state index < -0.39 is 10.0 Å². The quantitative estimate of drug-likeness (QED) is 0.831. The molecular formula is C17H27N3O3S. The molecule has 1 atom stereocenters. The summed E-state index contributed by atoms with van der Waals surface area (Å²) in [6, 6.07) is 6.85. The molecule has 0 spiro atoms. The zero-order valence-electron chi connectivity index (χ0n) is 14.7. The van der Waals surface area contributed by atoms with Crippen molar-refractivity contribution in [2.45, 2.75) is 24.7 Å². The predicted molar refractivity (Wildman–Crippen MR) is 94.2 cm³/mol. The lowest BCUT2D eigenvalue weighted by atomic mass is 9.99. The molecule has 0 aliphatic carbocycles. The zero-order chi connectivity index (χ0) is 17.7. The monoisotopic (exact) mass is 353 g/mol. The Bertz CT molecular complexity index is 656. The summed E-state index contributed by atoms with van der Waals surface area (Å²) in [6.07, 6.45) is 1.44. The number of rotatable bonds is 6. The molecule has 6 nitrogen and oxygen atoms in total. The normalized spacial score (nSPS) is 19.4. The molecule has 1 aromatic carbocycles. The summed E-state index contributed by atoms with van der Waals surface area (Å²) in [7, 11) is 0.360. The average Bonchev–Trinajstić information content (AvgIpc) is 2.55. The first-order chi connectivity index (χ1) is 11.3. The number of aryl methyl sites for hydroxylation is 1. The topological polar surface area (TPSA) is 69.7 Å². The Hall–Kier alpha value is -1.44. The van der Waals surface area contributed by atoms with Gasteiger partial charge in [-0.05, 0) is 46.0 Å². The van der Waals surface area contributed by atoms with E-state index in [4.69, 9.17) is 0 Å². The van der Waals surface area contributed by atoms with E-state index >= 15 is 0 Å². The van der Waals surface area contributed by atoms with Crippen molar-refractivity contribution >= 4 is 15.9 Å². The Morgan fingerprint density at radius 2 is 1.96 bits per heavy atom. The van der Waals surface area contributed by atoms with Gasteiger partial charge in [-0.2, -0.15) is 4.31 Å². The first kappa shape index (κ1) is 18.9. The van der Waals surface area contributed by atoms with Gasteiger partial charge in [-0.15, -0.1) is 0 Å². The average molecular weight is 353 g/mol. The highest BCUT2D eigenvalue weighted by molar-refractivity contribution is 7.89. The maximum absolute atomic E-state index is 12.8. The van der Waals surface area contributed by atoms with Crippen molar-refractivity contribution in [2.75, 3.05) is 40.3 Å². The number of amides is 1. The van der Waals surface area contributed by atoms with Gasteiger partial charge in [-0.1, -0.05) is 17.7 Å². The summed E-state index contributed by atoms with van der Waals surface area (Å²) in [4.78, 5) is 14.6. The Kier molecular flexibility index (Phi) is 6.37. The summed E-state index contributed by atoms with van der Waals surface area (Å²) >= 11 is 0. The van der Waals surface area contributed by atoms with Gasteiger partial charge in [-0.25, -0.2) is 8.42 Å². The number of hydrogen-bond donors (Lipinski definition) is 1. The minimum absolute atomic E-state index is 0.0549. The van der Waals surface area contributed by atoms with Crippen molar-refractivity contribution in [1.82, 2.24) is 14.5 Å². The van der Waals surface area contributed by atoms with Crippen LogP contribution in [0.15, 0.2) is 29.2 Å². The standard InChI is InChI=1S/C17H27N3O3S/c1-14-6-8-16(9-7-14)24(22,23)20-11-4-5-15(13-20)17(21)18-10-12-19(2)3/h6-9,15H,4-5,10-13H2,1-3H3,(H,18,21)/t15-/m0/s1. The number of nitrogens with one attached hydrogen (secondary N) is 1. The molecule has 0 aromatic heterocycles. The van der Waals surface area contributed by atoms with Gasteiger partial charge < -0.3 is 10.2 Å². The van der Waals surface area contributed by atoms with Crippen LogP contribution in [0.4, 0.5) is 0 Å². The third-order valence-electron chi connectivity index (χ3n) is 4.27. The van der Waals surface area contributed by atoms with Crippen LogP contribution in [0.3, 0.4) is 0 Å².